The fraction of sp³-hybridized carbons (Fsp3) is 0.364. The van der Waals surface area contributed by atoms with E-state index in [1.165, 1.54) is 0 Å². The largest absolute Gasteiger partial charge is 0.396 e. The zero-order chi connectivity index (χ0) is 10.7. The lowest BCUT2D eigenvalue weighted by Crippen LogP contribution is -2.23. The molecule has 0 spiro atoms. The Balaban J connectivity index is 2.20. The van der Waals surface area contributed by atoms with Gasteiger partial charge in [-0.2, -0.15) is 0 Å². The number of nitrogens with zero attached hydrogens (tertiary/aromatic N) is 1. The molecule has 0 bridgehead atoms. The van der Waals surface area contributed by atoms with Gasteiger partial charge in [0.15, 0.2) is 6.10 Å². The lowest BCUT2D eigenvalue weighted by molar-refractivity contribution is 0.0454. The molecule has 0 unspecified atom stereocenters. The molecule has 4 nitrogen and oxygen atoms in total. The standard InChI is InChI=1S/C11H13NO3/c13-6-9-10(7-14)12-15-11(9)8-4-2-1-3-5-8/h1-5,9,11,13-14H,6-7H2/t9-,11+/m0/s1. The van der Waals surface area contributed by atoms with Crippen LogP contribution in [-0.2, 0) is 4.84 Å². The molecular weight excluding hydrogens is 194 g/mol. The molecule has 15 heavy (non-hydrogen) atoms. The van der Waals surface area contributed by atoms with Gasteiger partial charge in [-0.1, -0.05) is 35.5 Å². The number of rotatable bonds is 3. The van der Waals surface area contributed by atoms with E-state index < -0.39 is 0 Å². The fourth-order valence-electron chi connectivity index (χ4n) is 1.72. The first-order valence-corrected chi connectivity index (χ1v) is 4.86. The van der Waals surface area contributed by atoms with E-state index in [-0.39, 0.29) is 25.2 Å². The molecule has 2 N–H and O–H groups in total. The second-order valence-corrected chi connectivity index (χ2v) is 3.47. The first-order valence-electron chi connectivity index (χ1n) is 4.86. The Morgan fingerprint density at radius 3 is 2.53 bits per heavy atom. The number of benzene rings is 1. The van der Waals surface area contributed by atoms with Gasteiger partial charge in [0.25, 0.3) is 0 Å². The summed E-state index contributed by atoms with van der Waals surface area (Å²) in [5.41, 5.74) is 1.47. The average Bonchev–Trinajstić information content (AvgIpc) is 2.72. The van der Waals surface area contributed by atoms with Gasteiger partial charge < -0.3 is 15.1 Å². The molecule has 1 aliphatic rings. The highest BCUT2D eigenvalue weighted by Crippen LogP contribution is 2.32. The summed E-state index contributed by atoms with van der Waals surface area (Å²) < 4.78 is 0. The quantitative estimate of drug-likeness (QED) is 0.767. The van der Waals surface area contributed by atoms with Crippen LogP contribution in [-0.4, -0.2) is 29.1 Å². The third-order valence-corrected chi connectivity index (χ3v) is 2.56. The first kappa shape index (κ1) is 10.1. The molecule has 2 atom stereocenters. The molecule has 0 radical (unpaired) electrons. The van der Waals surface area contributed by atoms with Crippen LogP contribution < -0.4 is 0 Å². The van der Waals surface area contributed by atoms with E-state index in [1.54, 1.807) is 0 Å². The summed E-state index contributed by atoms with van der Waals surface area (Å²) in [4.78, 5) is 5.21. The highest BCUT2D eigenvalue weighted by Gasteiger charge is 2.34. The van der Waals surface area contributed by atoms with Crippen LogP contribution in [0, 0.1) is 5.92 Å². The summed E-state index contributed by atoms with van der Waals surface area (Å²) in [5, 5.41) is 22.0. The van der Waals surface area contributed by atoms with Gasteiger partial charge in [0.1, 0.15) is 0 Å². The summed E-state index contributed by atoms with van der Waals surface area (Å²) in [6.07, 6.45) is -0.279. The third-order valence-electron chi connectivity index (χ3n) is 2.56. The third kappa shape index (κ3) is 1.86. The normalized spacial score (nSPS) is 24.8. The van der Waals surface area contributed by atoms with Crippen molar-refractivity contribution in [3.8, 4) is 0 Å². The summed E-state index contributed by atoms with van der Waals surface area (Å²) >= 11 is 0. The minimum Gasteiger partial charge on any atom is -0.396 e. The molecule has 1 aromatic carbocycles. The van der Waals surface area contributed by atoms with Crippen molar-refractivity contribution in [1.29, 1.82) is 0 Å². The first-order chi connectivity index (χ1) is 7.36. The van der Waals surface area contributed by atoms with Crippen LogP contribution in [0.15, 0.2) is 35.5 Å². The summed E-state index contributed by atoms with van der Waals surface area (Å²) in [6, 6.07) is 9.57. The van der Waals surface area contributed by atoms with Gasteiger partial charge in [0.05, 0.1) is 24.8 Å². The van der Waals surface area contributed by atoms with Gasteiger partial charge >= 0.3 is 0 Å². The summed E-state index contributed by atoms with van der Waals surface area (Å²) in [6.45, 7) is -0.243. The molecule has 0 saturated carbocycles. The van der Waals surface area contributed by atoms with Crippen LogP contribution in [0.3, 0.4) is 0 Å². The van der Waals surface area contributed by atoms with Crippen LogP contribution >= 0.6 is 0 Å². The maximum atomic E-state index is 9.23. The summed E-state index contributed by atoms with van der Waals surface area (Å²) in [5.74, 6) is -0.239. The Morgan fingerprint density at radius 1 is 1.20 bits per heavy atom. The number of hydrogen-bond donors (Lipinski definition) is 2. The van der Waals surface area contributed by atoms with Crippen molar-refractivity contribution in [2.45, 2.75) is 6.10 Å². The topological polar surface area (TPSA) is 62.1 Å². The fourth-order valence-corrected chi connectivity index (χ4v) is 1.72. The van der Waals surface area contributed by atoms with Gasteiger partial charge in [-0.15, -0.1) is 0 Å². The molecule has 80 valence electrons. The van der Waals surface area contributed by atoms with Crippen molar-refractivity contribution in [3.05, 3.63) is 35.9 Å². The molecule has 1 heterocycles. The molecular formula is C11H13NO3. The smallest absolute Gasteiger partial charge is 0.163 e. The number of oxime groups is 1. The zero-order valence-corrected chi connectivity index (χ0v) is 8.21. The van der Waals surface area contributed by atoms with Gasteiger partial charge in [0, 0.05) is 0 Å². The van der Waals surface area contributed by atoms with E-state index in [2.05, 4.69) is 5.16 Å². The highest BCUT2D eigenvalue weighted by atomic mass is 16.6. The Morgan fingerprint density at radius 2 is 1.93 bits per heavy atom. The van der Waals surface area contributed by atoms with Gasteiger partial charge in [-0.3, -0.25) is 0 Å². The number of aliphatic hydroxyl groups excluding tert-OH is 2. The molecule has 2 rings (SSSR count). The maximum absolute atomic E-state index is 9.23. The van der Waals surface area contributed by atoms with Crippen molar-refractivity contribution in [1.82, 2.24) is 0 Å². The van der Waals surface area contributed by atoms with Gasteiger partial charge in [-0.05, 0) is 5.56 Å². The van der Waals surface area contributed by atoms with Gasteiger partial charge in [-0.25, -0.2) is 0 Å². The zero-order valence-electron chi connectivity index (χ0n) is 8.21. The second-order valence-electron chi connectivity index (χ2n) is 3.47. The minimum absolute atomic E-state index is 0.0705. The minimum atomic E-state index is -0.279. The Labute approximate surface area is 87.8 Å². The summed E-state index contributed by atoms with van der Waals surface area (Å²) in [7, 11) is 0. The van der Waals surface area contributed by atoms with Crippen molar-refractivity contribution >= 4 is 5.71 Å². The lowest BCUT2D eigenvalue weighted by Gasteiger charge is -2.15. The second kappa shape index (κ2) is 4.42. The molecule has 0 fully saturated rings. The number of aliphatic hydroxyl groups is 2. The molecule has 1 aromatic rings. The van der Waals surface area contributed by atoms with E-state index in [1.807, 2.05) is 30.3 Å². The molecule has 0 aromatic heterocycles. The van der Waals surface area contributed by atoms with E-state index in [4.69, 9.17) is 9.94 Å². The Hall–Kier alpha value is -1.39. The van der Waals surface area contributed by atoms with E-state index in [0.29, 0.717) is 5.71 Å². The molecule has 0 saturated heterocycles. The average molecular weight is 207 g/mol. The van der Waals surface area contributed by atoms with E-state index in [0.717, 1.165) is 5.56 Å². The van der Waals surface area contributed by atoms with Crippen LogP contribution in [0.2, 0.25) is 0 Å². The van der Waals surface area contributed by atoms with E-state index in [9.17, 15) is 5.11 Å². The Bertz CT molecular complexity index is 350. The van der Waals surface area contributed by atoms with Crippen molar-refractivity contribution in [3.63, 3.8) is 0 Å². The molecule has 4 heteroatoms. The predicted molar refractivity (Wildman–Crippen MR) is 55.4 cm³/mol. The van der Waals surface area contributed by atoms with Crippen LogP contribution in [0.4, 0.5) is 0 Å². The van der Waals surface area contributed by atoms with Crippen LogP contribution in [0.25, 0.3) is 0 Å². The van der Waals surface area contributed by atoms with Crippen LogP contribution in [0.1, 0.15) is 11.7 Å². The lowest BCUT2D eigenvalue weighted by atomic mass is 9.93. The van der Waals surface area contributed by atoms with Crippen molar-refractivity contribution in [2.24, 2.45) is 11.1 Å². The van der Waals surface area contributed by atoms with Crippen molar-refractivity contribution in [2.75, 3.05) is 13.2 Å². The van der Waals surface area contributed by atoms with E-state index >= 15 is 0 Å². The molecule has 1 aliphatic heterocycles. The number of hydrogen-bond acceptors (Lipinski definition) is 4. The Kier molecular flexibility index (Phi) is 2.99. The molecule has 0 amide bonds. The highest BCUT2D eigenvalue weighted by molar-refractivity contribution is 5.89. The van der Waals surface area contributed by atoms with Crippen molar-refractivity contribution < 1.29 is 15.1 Å². The predicted octanol–water partition coefficient (Wildman–Crippen LogP) is 0.715. The molecule has 0 aliphatic carbocycles. The maximum Gasteiger partial charge on any atom is 0.163 e. The van der Waals surface area contributed by atoms with Gasteiger partial charge in [0.2, 0.25) is 0 Å². The van der Waals surface area contributed by atoms with Crippen LogP contribution in [0.5, 0.6) is 0 Å². The SMILES string of the molecule is OCC1=NO[C@H](c2ccccc2)[C@H]1CO. The monoisotopic (exact) mass is 207 g/mol.